The van der Waals surface area contributed by atoms with Crippen molar-refractivity contribution in [3.05, 3.63) is 87.1 Å². The van der Waals surface area contributed by atoms with Crippen LogP contribution < -0.4 is 9.64 Å². The van der Waals surface area contributed by atoms with E-state index in [2.05, 4.69) is 0 Å². The summed E-state index contributed by atoms with van der Waals surface area (Å²) in [5.74, 6) is -0.840. The van der Waals surface area contributed by atoms with Crippen molar-refractivity contribution >= 4 is 34.5 Å². The van der Waals surface area contributed by atoms with Gasteiger partial charge >= 0.3 is 0 Å². The largest absolute Gasteiger partial charge is 0.507 e. The van der Waals surface area contributed by atoms with Gasteiger partial charge in [-0.1, -0.05) is 18.2 Å². The van der Waals surface area contributed by atoms with Crippen molar-refractivity contribution in [3.8, 4) is 5.75 Å². The monoisotopic (exact) mass is 433 g/mol. The first-order valence-electron chi connectivity index (χ1n) is 10.1. The Kier molecular flexibility index (Phi) is 5.65. The lowest BCUT2D eigenvalue weighted by Gasteiger charge is -2.26. The molecule has 1 atom stereocenters. The Hall–Kier alpha value is -3.38. The zero-order valence-electron chi connectivity index (χ0n) is 17.6. The SMILES string of the molecule is CCOc1ccc(/C(O)=C2/C(=O)C(=O)N(c3ccccc3C)C2c2sccc2C)cc1. The van der Waals surface area contributed by atoms with Crippen LogP contribution in [-0.4, -0.2) is 23.4 Å². The minimum atomic E-state index is -0.688. The molecule has 1 aliphatic rings. The summed E-state index contributed by atoms with van der Waals surface area (Å²) < 4.78 is 5.46. The Labute approximate surface area is 185 Å². The van der Waals surface area contributed by atoms with Crippen molar-refractivity contribution in [2.75, 3.05) is 11.5 Å². The van der Waals surface area contributed by atoms with Crippen LogP contribution in [0.5, 0.6) is 5.75 Å². The topological polar surface area (TPSA) is 66.8 Å². The van der Waals surface area contributed by atoms with E-state index < -0.39 is 17.7 Å². The Morgan fingerprint density at radius 1 is 1.03 bits per heavy atom. The van der Waals surface area contributed by atoms with Gasteiger partial charge in [-0.25, -0.2) is 0 Å². The maximum Gasteiger partial charge on any atom is 0.300 e. The molecule has 1 aromatic heterocycles. The number of nitrogens with zero attached hydrogens (tertiary/aromatic N) is 1. The zero-order chi connectivity index (χ0) is 22.1. The van der Waals surface area contributed by atoms with E-state index in [1.54, 1.807) is 24.3 Å². The summed E-state index contributed by atoms with van der Waals surface area (Å²) in [5, 5.41) is 13.1. The van der Waals surface area contributed by atoms with Gasteiger partial charge in [-0.05, 0) is 73.7 Å². The average molecular weight is 434 g/mol. The minimum absolute atomic E-state index is 0.1000. The van der Waals surface area contributed by atoms with Crippen LogP contribution in [0.1, 0.15) is 34.5 Å². The van der Waals surface area contributed by atoms with Crippen LogP contribution in [0, 0.1) is 13.8 Å². The summed E-state index contributed by atoms with van der Waals surface area (Å²) in [6.45, 7) is 6.27. The maximum atomic E-state index is 13.2. The second kappa shape index (κ2) is 8.40. The molecule has 1 N–H and O–H groups in total. The number of benzene rings is 2. The van der Waals surface area contributed by atoms with Crippen LogP contribution in [0.25, 0.3) is 5.76 Å². The fourth-order valence-corrected chi connectivity index (χ4v) is 4.88. The van der Waals surface area contributed by atoms with Gasteiger partial charge in [0.1, 0.15) is 17.6 Å². The highest BCUT2D eigenvalue weighted by molar-refractivity contribution is 7.10. The highest BCUT2D eigenvalue weighted by atomic mass is 32.1. The summed E-state index contributed by atoms with van der Waals surface area (Å²) in [5.41, 5.74) is 3.07. The lowest BCUT2D eigenvalue weighted by atomic mass is 9.98. The minimum Gasteiger partial charge on any atom is -0.507 e. The Balaban J connectivity index is 1.91. The average Bonchev–Trinajstić information content (AvgIpc) is 3.29. The molecule has 1 amide bonds. The van der Waals surface area contributed by atoms with Gasteiger partial charge in [-0.2, -0.15) is 0 Å². The predicted molar refractivity (Wildman–Crippen MR) is 123 cm³/mol. The summed E-state index contributed by atoms with van der Waals surface area (Å²) in [6, 6.07) is 15.6. The van der Waals surface area contributed by atoms with Crippen LogP contribution in [0.2, 0.25) is 0 Å². The second-order valence-corrected chi connectivity index (χ2v) is 8.33. The van der Waals surface area contributed by atoms with Crippen LogP contribution in [-0.2, 0) is 9.59 Å². The zero-order valence-corrected chi connectivity index (χ0v) is 18.4. The molecule has 31 heavy (non-hydrogen) atoms. The van der Waals surface area contributed by atoms with Crippen LogP contribution in [0.3, 0.4) is 0 Å². The molecular formula is C25H23NO4S. The molecule has 158 valence electrons. The van der Waals surface area contributed by atoms with E-state index in [0.717, 1.165) is 16.0 Å². The number of aliphatic hydroxyl groups excluding tert-OH is 1. The number of aliphatic hydroxyl groups is 1. The Bertz CT molecular complexity index is 1180. The molecule has 0 saturated carbocycles. The quantitative estimate of drug-likeness (QED) is 0.333. The van der Waals surface area contributed by atoms with Crippen LogP contribution in [0.15, 0.2) is 65.6 Å². The second-order valence-electron chi connectivity index (χ2n) is 7.38. The van der Waals surface area contributed by atoms with Crippen molar-refractivity contribution < 1.29 is 19.4 Å². The van der Waals surface area contributed by atoms with Gasteiger partial charge in [0.2, 0.25) is 0 Å². The Morgan fingerprint density at radius 2 is 1.74 bits per heavy atom. The maximum absolute atomic E-state index is 13.2. The number of para-hydroxylation sites is 1. The highest BCUT2D eigenvalue weighted by Crippen LogP contribution is 2.45. The molecule has 3 aromatic rings. The smallest absolute Gasteiger partial charge is 0.300 e. The predicted octanol–water partition coefficient (Wildman–Crippen LogP) is 5.39. The summed E-state index contributed by atoms with van der Waals surface area (Å²) in [6.07, 6.45) is 0. The summed E-state index contributed by atoms with van der Waals surface area (Å²) >= 11 is 1.47. The van der Waals surface area contributed by atoms with Crippen molar-refractivity contribution in [2.24, 2.45) is 0 Å². The van der Waals surface area contributed by atoms with Crippen molar-refractivity contribution in [3.63, 3.8) is 0 Å². The normalized spacial score (nSPS) is 17.9. The number of ether oxygens (including phenoxy) is 1. The molecule has 4 rings (SSSR count). The summed E-state index contributed by atoms with van der Waals surface area (Å²) in [4.78, 5) is 28.7. The highest BCUT2D eigenvalue weighted by Gasteiger charge is 2.48. The number of carbonyl (C=O) groups excluding carboxylic acids is 2. The first-order chi connectivity index (χ1) is 14.9. The van der Waals surface area contributed by atoms with Gasteiger partial charge in [0.25, 0.3) is 11.7 Å². The number of hydrogen-bond donors (Lipinski definition) is 1. The number of thiophene rings is 1. The number of aryl methyl sites for hydroxylation is 2. The van der Waals surface area contributed by atoms with E-state index in [9.17, 15) is 14.7 Å². The van der Waals surface area contributed by atoms with E-state index in [1.165, 1.54) is 16.2 Å². The molecule has 0 radical (unpaired) electrons. The van der Waals surface area contributed by atoms with Gasteiger partial charge in [0.15, 0.2) is 0 Å². The Morgan fingerprint density at radius 3 is 2.35 bits per heavy atom. The molecule has 6 heteroatoms. The molecular weight excluding hydrogens is 410 g/mol. The van der Waals surface area contributed by atoms with Gasteiger partial charge in [0, 0.05) is 16.1 Å². The molecule has 1 aliphatic heterocycles. The number of hydrogen-bond acceptors (Lipinski definition) is 5. The van der Waals surface area contributed by atoms with Crippen LogP contribution in [0.4, 0.5) is 5.69 Å². The molecule has 1 saturated heterocycles. The van der Waals surface area contributed by atoms with E-state index in [-0.39, 0.29) is 11.3 Å². The number of amides is 1. The molecule has 0 bridgehead atoms. The van der Waals surface area contributed by atoms with Gasteiger partial charge < -0.3 is 9.84 Å². The van der Waals surface area contributed by atoms with E-state index in [4.69, 9.17) is 4.74 Å². The van der Waals surface area contributed by atoms with Crippen molar-refractivity contribution in [1.82, 2.24) is 0 Å². The molecule has 1 fully saturated rings. The lowest BCUT2D eigenvalue weighted by molar-refractivity contribution is -0.132. The first kappa shape index (κ1) is 20.9. The van der Waals surface area contributed by atoms with Gasteiger partial charge in [0.05, 0.1) is 12.2 Å². The molecule has 1 unspecified atom stereocenters. The van der Waals surface area contributed by atoms with E-state index in [1.807, 2.05) is 56.5 Å². The van der Waals surface area contributed by atoms with E-state index in [0.29, 0.717) is 23.6 Å². The van der Waals surface area contributed by atoms with Crippen molar-refractivity contribution in [1.29, 1.82) is 0 Å². The standard InChI is InChI=1S/C25H23NO4S/c1-4-30-18-11-9-17(10-12-18)22(27)20-21(24-16(3)13-14-31-24)26(25(29)23(20)28)19-8-6-5-7-15(19)2/h5-14,21,27H,4H2,1-3H3/b22-20-. The third kappa shape index (κ3) is 3.64. The number of anilines is 1. The number of carbonyl (C=O) groups is 2. The fourth-order valence-electron chi connectivity index (χ4n) is 3.86. The molecule has 0 aliphatic carbocycles. The van der Waals surface area contributed by atoms with Gasteiger partial charge in [-0.3, -0.25) is 14.5 Å². The number of Topliss-reactive ketones (excluding diaryl/α,β-unsaturated/α-hetero) is 1. The van der Waals surface area contributed by atoms with Crippen LogP contribution >= 0.6 is 11.3 Å². The van der Waals surface area contributed by atoms with Crippen molar-refractivity contribution in [2.45, 2.75) is 26.8 Å². The molecule has 2 heterocycles. The third-order valence-electron chi connectivity index (χ3n) is 5.41. The molecule has 2 aromatic carbocycles. The fraction of sp³-hybridized carbons (Fsp3) is 0.200. The number of ketones is 1. The van der Waals surface area contributed by atoms with Gasteiger partial charge in [-0.15, -0.1) is 11.3 Å². The first-order valence-corrected chi connectivity index (χ1v) is 11.0. The lowest BCUT2D eigenvalue weighted by Crippen LogP contribution is -2.30. The summed E-state index contributed by atoms with van der Waals surface area (Å²) in [7, 11) is 0. The number of rotatable bonds is 5. The molecule has 5 nitrogen and oxygen atoms in total. The third-order valence-corrected chi connectivity index (χ3v) is 6.48. The molecule has 0 spiro atoms. The van der Waals surface area contributed by atoms with E-state index >= 15 is 0 Å².